The first-order chi connectivity index (χ1) is 32.3. The highest BCUT2D eigenvalue weighted by atomic mass is 15.3. The van der Waals surface area contributed by atoms with Crippen LogP contribution in [-0.2, 0) is 31.1 Å². The Bertz CT molecular complexity index is 3440. The molecule has 0 spiro atoms. The molecule has 0 saturated heterocycles. The first kappa shape index (κ1) is 36.8. The Morgan fingerprint density at radius 2 is 0.800 bits per heavy atom. The maximum atomic E-state index is 5.51. The van der Waals surface area contributed by atoms with Gasteiger partial charge in [0.05, 0.1) is 27.5 Å². The predicted octanol–water partition coefficient (Wildman–Crippen LogP) is 13.9. The van der Waals surface area contributed by atoms with Gasteiger partial charge in [0.15, 0.2) is 5.82 Å². The summed E-state index contributed by atoms with van der Waals surface area (Å²) in [6.07, 6.45) is 9.58. The molecule has 310 valence electrons. The second-order valence-corrected chi connectivity index (χ2v) is 18.4. The highest BCUT2D eigenvalue weighted by Gasteiger charge is 2.48. The topological polar surface area (TPSA) is 48.5 Å². The van der Waals surface area contributed by atoms with Crippen molar-refractivity contribution in [3.63, 3.8) is 0 Å². The monoisotopic (exact) mass is 835 g/mol. The molecule has 0 aliphatic heterocycles. The van der Waals surface area contributed by atoms with Crippen LogP contribution in [0.5, 0.6) is 0 Å². The van der Waals surface area contributed by atoms with Gasteiger partial charge in [-0.2, -0.15) is 15.0 Å². The van der Waals surface area contributed by atoms with Crippen LogP contribution in [0.2, 0.25) is 0 Å². The van der Waals surface area contributed by atoms with E-state index in [9.17, 15) is 0 Å². The van der Waals surface area contributed by atoms with Crippen molar-refractivity contribution in [2.24, 2.45) is 0 Å². The van der Waals surface area contributed by atoms with Gasteiger partial charge in [0, 0.05) is 27.1 Å². The molecular weight excluding hydrogens is 791 g/mol. The van der Waals surface area contributed by atoms with Crippen molar-refractivity contribution in [2.45, 2.75) is 56.8 Å². The number of para-hydroxylation sites is 4. The maximum Gasteiger partial charge on any atom is 0.240 e. The van der Waals surface area contributed by atoms with E-state index in [0.717, 1.165) is 53.3 Å². The van der Waals surface area contributed by atoms with Crippen LogP contribution in [0, 0.1) is 0 Å². The van der Waals surface area contributed by atoms with E-state index in [1.807, 2.05) is 0 Å². The molecular formula is C60H45N5. The smallest absolute Gasteiger partial charge is 0.240 e. The number of hydrogen-bond donors (Lipinski definition) is 0. The Labute approximate surface area is 377 Å². The van der Waals surface area contributed by atoms with Crippen LogP contribution in [0.15, 0.2) is 176 Å². The number of aryl methyl sites for hydroxylation is 2. The number of aromatic nitrogens is 5. The summed E-state index contributed by atoms with van der Waals surface area (Å²) >= 11 is 0. The average molecular weight is 836 g/mol. The molecule has 0 N–H and O–H groups in total. The van der Waals surface area contributed by atoms with Crippen LogP contribution in [0.4, 0.5) is 0 Å². The summed E-state index contributed by atoms with van der Waals surface area (Å²) in [4.78, 5) is 16.5. The zero-order valence-electron chi connectivity index (χ0n) is 36.1. The van der Waals surface area contributed by atoms with Gasteiger partial charge in [-0.1, -0.05) is 146 Å². The molecule has 3 aromatic heterocycles. The Hall–Kier alpha value is -7.63. The lowest BCUT2D eigenvalue weighted by Crippen LogP contribution is -2.29. The first-order valence-electron chi connectivity index (χ1n) is 23.5. The van der Waals surface area contributed by atoms with Crippen LogP contribution in [-0.4, -0.2) is 24.1 Å². The van der Waals surface area contributed by atoms with Crippen molar-refractivity contribution in [3.8, 4) is 34.4 Å². The normalized spacial score (nSPS) is 15.0. The number of hydrogen-bond acceptors (Lipinski definition) is 3. The van der Waals surface area contributed by atoms with Gasteiger partial charge in [0.1, 0.15) is 0 Å². The molecule has 3 aliphatic carbocycles. The zero-order chi connectivity index (χ0) is 42.6. The molecule has 0 atom stereocenters. The Balaban J connectivity index is 1.07. The van der Waals surface area contributed by atoms with Gasteiger partial charge < -0.3 is 0 Å². The molecule has 14 rings (SSSR count). The maximum absolute atomic E-state index is 5.51. The molecule has 0 bridgehead atoms. The van der Waals surface area contributed by atoms with Crippen molar-refractivity contribution in [3.05, 3.63) is 220 Å². The Morgan fingerprint density at radius 1 is 0.369 bits per heavy atom. The van der Waals surface area contributed by atoms with Gasteiger partial charge in [-0.05, 0) is 137 Å². The van der Waals surface area contributed by atoms with Crippen molar-refractivity contribution in [1.82, 2.24) is 24.1 Å². The van der Waals surface area contributed by atoms with Gasteiger partial charge >= 0.3 is 0 Å². The molecule has 0 unspecified atom stereocenters. The molecule has 0 fully saturated rings. The quantitative estimate of drug-likeness (QED) is 0.173. The summed E-state index contributed by atoms with van der Waals surface area (Å²) < 4.78 is 4.44. The van der Waals surface area contributed by atoms with E-state index >= 15 is 0 Å². The predicted molar refractivity (Wildman–Crippen MR) is 265 cm³/mol. The Morgan fingerprint density at radius 3 is 1.29 bits per heavy atom. The fourth-order valence-electron chi connectivity index (χ4n) is 12.3. The molecule has 3 heterocycles. The van der Waals surface area contributed by atoms with E-state index < -0.39 is 5.41 Å². The van der Waals surface area contributed by atoms with Crippen LogP contribution >= 0.6 is 0 Å². The summed E-state index contributed by atoms with van der Waals surface area (Å²) in [6, 6.07) is 64.8. The van der Waals surface area contributed by atoms with Gasteiger partial charge in [-0.3, -0.25) is 9.13 Å². The summed E-state index contributed by atoms with van der Waals surface area (Å²) in [6.45, 7) is 0. The molecule has 11 aromatic rings. The molecule has 0 amide bonds. The van der Waals surface area contributed by atoms with Gasteiger partial charge in [0.25, 0.3) is 0 Å². The van der Waals surface area contributed by atoms with Crippen LogP contribution in [0.3, 0.4) is 0 Å². The lowest BCUT2D eigenvalue weighted by Gasteiger charge is -2.35. The molecule has 8 aromatic carbocycles. The fourth-order valence-corrected chi connectivity index (χ4v) is 12.3. The first-order valence-corrected chi connectivity index (χ1v) is 23.5. The minimum atomic E-state index is -0.542. The number of fused-ring (bicyclic) bond motifs is 13. The van der Waals surface area contributed by atoms with E-state index in [1.165, 1.54) is 91.7 Å². The molecule has 0 saturated carbocycles. The summed E-state index contributed by atoms with van der Waals surface area (Å²) in [7, 11) is 0. The fraction of sp³-hybridized carbons (Fsp3) is 0.150. The van der Waals surface area contributed by atoms with E-state index in [0.29, 0.717) is 17.7 Å². The molecule has 3 aliphatic rings. The number of rotatable bonds is 5. The minimum Gasteiger partial charge on any atom is -0.278 e. The van der Waals surface area contributed by atoms with Crippen LogP contribution in [0.25, 0.3) is 78.0 Å². The number of benzene rings is 8. The van der Waals surface area contributed by atoms with Crippen molar-refractivity contribution < 1.29 is 0 Å². The SMILES string of the molecule is c1ccc(C2(c3cccc(-c4nc(-n5c6ccccc6c6ccccc65)nc(-n5c6ccccc6c6ccccc65)n4)c3)c3ccc4c(c3-c3c2ccc2c3CCCC2)CCCC4)cc1. The zero-order valence-corrected chi connectivity index (χ0v) is 36.1. The van der Waals surface area contributed by atoms with Gasteiger partial charge in [-0.25, -0.2) is 0 Å². The van der Waals surface area contributed by atoms with Gasteiger partial charge in [-0.15, -0.1) is 0 Å². The third-order valence-corrected chi connectivity index (χ3v) is 15.1. The standard InChI is InChI=1S/C60H45N5/c1-2-20-41(21-3-1)60(49-35-33-38-17-4-6-23-43(38)55(49)56-44-24-7-5-18-39(44)34-36-50(56)60)42-22-16-19-40(37-42)57-61-58(64-51-29-12-8-25-45(51)46-26-9-13-30-52(46)64)63-59(62-57)65-53-31-14-10-27-47(53)48-28-11-15-32-54(48)65/h1-3,8-16,19-22,25-37H,4-7,17-18,23-24H2. The van der Waals surface area contributed by atoms with E-state index in [1.54, 1.807) is 11.1 Å². The van der Waals surface area contributed by atoms with Crippen LogP contribution < -0.4 is 0 Å². The third kappa shape index (κ3) is 5.24. The molecule has 65 heavy (non-hydrogen) atoms. The molecule has 0 radical (unpaired) electrons. The second-order valence-electron chi connectivity index (χ2n) is 18.4. The van der Waals surface area contributed by atoms with Crippen LogP contribution in [0.1, 0.15) is 70.2 Å². The van der Waals surface area contributed by atoms with E-state index in [-0.39, 0.29) is 0 Å². The van der Waals surface area contributed by atoms with Gasteiger partial charge in [0.2, 0.25) is 11.9 Å². The lowest BCUT2D eigenvalue weighted by atomic mass is 9.66. The van der Waals surface area contributed by atoms with Crippen molar-refractivity contribution in [1.29, 1.82) is 0 Å². The minimum absolute atomic E-state index is 0.542. The highest BCUT2D eigenvalue weighted by Crippen LogP contribution is 2.60. The number of nitrogens with zero attached hydrogens (tertiary/aromatic N) is 5. The average Bonchev–Trinajstić information content (AvgIpc) is 4.01. The summed E-state index contributed by atoms with van der Waals surface area (Å²) in [5.74, 6) is 1.80. The lowest BCUT2D eigenvalue weighted by molar-refractivity contribution is 0.682. The van der Waals surface area contributed by atoms with E-state index in [2.05, 4.69) is 185 Å². The highest BCUT2D eigenvalue weighted by molar-refractivity contribution is 6.10. The van der Waals surface area contributed by atoms with Crippen molar-refractivity contribution in [2.75, 3.05) is 0 Å². The van der Waals surface area contributed by atoms with Crippen molar-refractivity contribution >= 4 is 43.6 Å². The third-order valence-electron chi connectivity index (χ3n) is 15.1. The Kier molecular flexibility index (Phi) is 8.04. The summed E-state index contributed by atoms with van der Waals surface area (Å²) in [5.41, 5.74) is 19.2. The second kappa shape index (κ2) is 14.2. The molecule has 5 nitrogen and oxygen atoms in total. The summed E-state index contributed by atoms with van der Waals surface area (Å²) in [5, 5.41) is 4.66. The largest absolute Gasteiger partial charge is 0.278 e. The van der Waals surface area contributed by atoms with E-state index in [4.69, 9.17) is 15.0 Å². The molecule has 5 heteroatoms.